The van der Waals surface area contributed by atoms with Gasteiger partial charge in [0.05, 0.1) is 6.04 Å². The van der Waals surface area contributed by atoms with E-state index in [9.17, 15) is 9.59 Å². The smallest absolute Gasteiger partial charge is 0.251 e. The van der Waals surface area contributed by atoms with Gasteiger partial charge in [-0.3, -0.25) is 9.59 Å². The number of Topliss-reactive ketones (excluding diaryl/α,β-unsaturated/α-hetero) is 1. The number of carbonyl (C=O) groups is 2. The van der Waals surface area contributed by atoms with E-state index in [-0.39, 0.29) is 11.7 Å². The molecule has 0 aromatic carbocycles. The van der Waals surface area contributed by atoms with Crippen LogP contribution in [0.2, 0.25) is 0 Å². The number of carbonyl (C=O) groups excluding carboxylic acids is 2. The zero-order valence-electron chi connectivity index (χ0n) is 10.1. The van der Waals surface area contributed by atoms with Gasteiger partial charge in [-0.05, 0) is 20.3 Å². The zero-order valence-corrected chi connectivity index (χ0v) is 10.1. The molecule has 0 aromatic heterocycles. The van der Waals surface area contributed by atoms with Gasteiger partial charge in [-0.25, -0.2) is 0 Å². The highest BCUT2D eigenvalue weighted by molar-refractivity contribution is 5.99. The molecule has 1 amide bonds. The second kappa shape index (κ2) is 7.63. The molecule has 0 saturated carbocycles. The number of nitrogens with one attached hydrogen (secondary N) is 1. The Morgan fingerprint density at radius 2 is 2.06 bits per heavy atom. The average Bonchev–Trinajstić information content (AvgIpc) is 2.23. The normalized spacial score (nSPS) is 13.6. The minimum Gasteiger partial charge on any atom is -0.343 e. The maximum Gasteiger partial charge on any atom is 0.251 e. The van der Waals surface area contributed by atoms with Crippen LogP contribution in [-0.4, -0.2) is 17.7 Å². The highest BCUT2D eigenvalue weighted by Gasteiger charge is 2.12. The first kappa shape index (κ1) is 14.4. The Kier molecular flexibility index (Phi) is 6.84. The van der Waals surface area contributed by atoms with Crippen LogP contribution >= 0.6 is 0 Å². The first-order valence-corrected chi connectivity index (χ1v) is 5.33. The lowest BCUT2D eigenvalue weighted by molar-refractivity contribution is -0.124. The molecule has 0 aliphatic heterocycles. The van der Waals surface area contributed by atoms with Crippen LogP contribution in [0.4, 0.5) is 0 Å². The first-order chi connectivity index (χ1) is 7.52. The Bertz CT molecular complexity index is 327. The van der Waals surface area contributed by atoms with E-state index in [0.29, 0.717) is 5.57 Å². The molecule has 3 nitrogen and oxygen atoms in total. The molecule has 0 fully saturated rings. The van der Waals surface area contributed by atoms with E-state index >= 15 is 0 Å². The van der Waals surface area contributed by atoms with Crippen molar-refractivity contribution < 1.29 is 9.59 Å². The fourth-order valence-corrected chi connectivity index (χ4v) is 0.960. The Morgan fingerprint density at radius 3 is 2.50 bits per heavy atom. The van der Waals surface area contributed by atoms with Crippen LogP contribution in [0.25, 0.3) is 0 Å². The third-order valence-electron chi connectivity index (χ3n) is 2.05. The lowest BCUT2D eigenvalue weighted by Crippen LogP contribution is -2.37. The van der Waals surface area contributed by atoms with E-state index < -0.39 is 6.04 Å². The molecule has 0 rings (SSSR count). The fourth-order valence-electron chi connectivity index (χ4n) is 0.960. The maximum absolute atomic E-state index is 11.7. The van der Waals surface area contributed by atoms with E-state index in [0.717, 1.165) is 6.42 Å². The Hall–Kier alpha value is -1.64. The number of ketones is 1. The summed E-state index contributed by atoms with van der Waals surface area (Å²) in [6.45, 7) is 8.64. The van der Waals surface area contributed by atoms with Crippen molar-refractivity contribution in [2.24, 2.45) is 0 Å². The van der Waals surface area contributed by atoms with Crippen LogP contribution in [0.5, 0.6) is 0 Å². The first-order valence-electron chi connectivity index (χ1n) is 5.33. The van der Waals surface area contributed by atoms with Gasteiger partial charge in [0.2, 0.25) is 0 Å². The van der Waals surface area contributed by atoms with Crippen molar-refractivity contribution in [2.45, 2.75) is 33.2 Å². The summed E-state index contributed by atoms with van der Waals surface area (Å²) in [5.74, 6) is -0.321. The lowest BCUT2D eigenvalue weighted by Gasteiger charge is -2.10. The van der Waals surface area contributed by atoms with Crippen molar-refractivity contribution in [3.8, 4) is 0 Å². The van der Waals surface area contributed by atoms with E-state index in [2.05, 4.69) is 11.9 Å². The van der Waals surface area contributed by atoms with Gasteiger partial charge < -0.3 is 5.32 Å². The predicted molar refractivity (Wildman–Crippen MR) is 66.0 cm³/mol. The SMILES string of the molecule is C=CC=C(C=CCC)C(=O)NC(C)C(C)=O. The second-order valence-corrected chi connectivity index (χ2v) is 3.47. The predicted octanol–water partition coefficient (Wildman–Crippen LogP) is 2.16. The molecule has 0 aliphatic rings. The van der Waals surface area contributed by atoms with Crippen LogP contribution in [0.15, 0.2) is 36.5 Å². The van der Waals surface area contributed by atoms with Gasteiger partial charge in [0.1, 0.15) is 0 Å². The van der Waals surface area contributed by atoms with Crippen molar-refractivity contribution in [1.82, 2.24) is 5.32 Å². The summed E-state index contributed by atoms with van der Waals surface area (Å²) in [6.07, 6.45) is 7.63. The largest absolute Gasteiger partial charge is 0.343 e. The van der Waals surface area contributed by atoms with Gasteiger partial charge in [-0.2, -0.15) is 0 Å². The molecule has 0 bridgehead atoms. The molecule has 1 N–H and O–H groups in total. The van der Waals surface area contributed by atoms with E-state index in [4.69, 9.17) is 0 Å². The fraction of sp³-hybridized carbons (Fsp3) is 0.385. The average molecular weight is 221 g/mol. The monoisotopic (exact) mass is 221 g/mol. The van der Waals surface area contributed by atoms with Gasteiger partial charge in [-0.1, -0.05) is 37.8 Å². The highest BCUT2D eigenvalue weighted by atomic mass is 16.2. The Labute approximate surface area is 96.9 Å². The minimum atomic E-state index is -0.462. The van der Waals surface area contributed by atoms with E-state index in [1.807, 2.05) is 13.0 Å². The number of amides is 1. The van der Waals surface area contributed by atoms with Crippen LogP contribution in [0.1, 0.15) is 27.2 Å². The molecule has 1 unspecified atom stereocenters. The molecule has 0 aliphatic carbocycles. The molecule has 0 heterocycles. The summed E-state index contributed by atoms with van der Waals surface area (Å²) in [4.78, 5) is 22.7. The number of rotatable bonds is 6. The van der Waals surface area contributed by atoms with Crippen LogP contribution < -0.4 is 5.32 Å². The van der Waals surface area contributed by atoms with Gasteiger partial charge in [0.25, 0.3) is 5.91 Å². The summed E-state index contributed by atoms with van der Waals surface area (Å²) < 4.78 is 0. The summed E-state index contributed by atoms with van der Waals surface area (Å²) in [5, 5.41) is 2.62. The molecule has 0 spiro atoms. The third-order valence-corrected chi connectivity index (χ3v) is 2.05. The molecule has 16 heavy (non-hydrogen) atoms. The molecule has 3 heteroatoms. The molecular formula is C13H19NO2. The number of hydrogen-bond donors (Lipinski definition) is 1. The van der Waals surface area contributed by atoms with Gasteiger partial charge >= 0.3 is 0 Å². The van der Waals surface area contributed by atoms with Crippen molar-refractivity contribution in [3.63, 3.8) is 0 Å². The van der Waals surface area contributed by atoms with Crippen LogP contribution in [0.3, 0.4) is 0 Å². The molecule has 0 aromatic rings. The molecule has 1 atom stereocenters. The summed E-state index contributed by atoms with van der Waals surface area (Å²) in [7, 11) is 0. The summed E-state index contributed by atoms with van der Waals surface area (Å²) in [5.41, 5.74) is 0.505. The number of hydrogen-bond acceptors (Lipinski definition) is 2. The minimum absolute atomic E-state index is 0.0641. The summed E-state index contributed by atoms with van der Waals surface area (Å²) in [6, 6.07) is -0.462. The zero-order chi connectivity index (χ0) is 12.6. The van der Waals surface area contributed by atoms with Crippen molar-refractivity contribution in [2.75, 3.05) is 0 Å². The van der Waals surface area contributed by atoms with Gasteiger partial charge in [0.15, 0.2) is 5.78 Å². The van der Waals surface area contributed by atoms with E-state index in [1.54, 1.807) is 25.2 Å². The third kappa shape index (κ3) is 5.29. The lowest BCUT2D eigenvalue weighted by atomic mass is 10.1. The highest BCUT2D eigenvalue weighted by Crippen LogP contribution is 2.00. The maximum atomic E-state index is 11.7. The molecule has 0 saturated heterocycles. The second-order valence-electron chi connectivity index (χ2n) is 3.47. The van der Waals surface area contributed by atoms with Crippen molar-refractivity contribution in [3.05, 3.63) is 36.5 Å². The van der Waals surface area contributed by atoms with Crippen molar-refractivity contribution >= 4 is 11.7 Å². The molecule has 0 radical (unpaired) electrons. The standard InChI is InChI=1S/C13H19NO2/c1-5-7-9-12(8-6-2)13(16)14-10(3)11(4)15/h6-10H,2,5H2,1,3-4H3,(H,14,16). The van der Waals surface area contributed by atoms with Gasteiger partial charge in [-0.15, -0.1) is 0 Å². The number of allylic oxidation sites excluding steroid dienone is 3. The Balaban J connectivity index is 4.64. The summed E-state index contributed by atoms with van der Waals surface area (Å²) >= 11 is 0. The molecular weight excluding hydrogens is 202 g/mol. The van der Waals surface area contributed by atoms with Gasteiger partial charge in [0, 0.05) is 5.57 Å². The Morgan fingerprint density at radius 1 is 1.44 bits per heavy atom. The van der Waals surface area contributed by atoms with Crippen molar-refractivity contribution in [1.29, 1.82) is 0 Å². The van der Waals surface area contributed by atoms with Crippen LogP contribution in [-0.2, 0) is 9.59 Å². The quantitative estimate of drug-likeness (QED) is 0.552. The molecule has 88 valence electrons. The van der Waals surface area contributed by atoms with E-state index in [1.165, 1.54) is 6.92 Å². The topological polar surface area (TPSA) is 46.2 Å². The van der Waals surface area contributed by atoms with Crippen LogP contribution in [0, 0.1) is 0 Å².